The summed E-state index contributed by atoms with van der Waals surface area (Å²) in [5.41, 5.74) is 1.24. The van der Waals surface area contributed by atoms with Crippen molar-refractivity contribution in [2.24, 2.45) is 11.8 Å². The van der Waals surface area contributed by atoms with Crippen LogP contribution in [0.25, 0.3) is 0 Å². The van der Waals surface area contributed by atoms with Gasteiger partial charge >= 0.3 is 5.69 Å². The molecule has 2 saturated heterocycles. The van der Waals surface area contributed by atoms with Crippen LogP contribution in [-0.2, 0) is 0 Å². The van der Waals surface area contributed by atoms with Crippen LogP contribution in [0.2, 0.25) is 0 Å². The van der Waals surface area contributed by atoms with Crippen LogP contribution < -0.4 is 25.8 Å². The van der Waals surface area contributed by atoms with Crippen LogP contribution in [0.15, 0.2) is 21.7 Å². The molecule has 3 aliphatic heterocycles. The molecule has 0 aliphatic carbocycles. The Morgan fingerprint density at radius 1 is 0.939 bits per heavy atom. The van der Waals surface area contributed by atoms with E-state index in [0.29, 0.717) is 28.7 Å². The lowest BCUT2D eigenvalue weighted by molar-refractivity contribution is -0.384. The largest absolute Gasteiger partial charge is 0.465 e. The molecular weight excluding hydrogens is 426 g/mol. The molecule has 2 fully saturated rings. The predicted molar refractivity (Wildman–Crippen MR) is 124 cm³/mol. The van der Waals surface area contributed by atoms with Crippen LogP contribution in [0.5, 0.6) is 5.88 Å². The molecule has 10 heteroatoms. The highest BCUT2D eigenvalue weighted by molar-refractivity contribution is 5.75. The molecule has 0 radical (unpaired) electrons. The van der Waals surface area contributed by atoms with E-state index >= 15 is 0 Å². The van der Waals surface area contributed by atoms with Gasteiger partial charge in [0.15, 0.2) is 6.10 Å². The Bertz CT molecular complexity index is 1190. The first-order chi connectivity index (χ1) is 15.8. The Balaban J connectivity index is 1.62. The first kappa shape index (κ1) is 21.5. The fraction of sp³-hybridized carbons (Fsp3) is 0.565. The smallest absolute Gasteiger partial charge is 0.328 e. The molecule has 1 aromatic heterocycles. The number of aromatic nitrogens is 2. The van der Waals surface area contributed by atoms with Gasteiger partial charge in [0.2, 0.25) is 5.88 Å². The maximum atomic E-state index is 12.5. The van der Waals surface area contributed by atoms with Gasteiger partial charge in [0.25, 0.3) is 11.2 Å². The maximum Gasteiger partial charge on any atom is 0.328 e. The van der Waals surface area contributed by atoms with E-state index in [4.69, 9.17) is 4.74 Å². The first-order valence-electron chi connectivity index (χ1n) is 11.7. The number of hydrogen-bond donors (Lipinski definition) is 2. The molecule has 4 heterocycles. The Kier molecular flexibility index (Phi) is 5.38. The third kappa shape index (κ3) is 3.87. The minimum absolute atomic E-state index is 0.0200. The van der Waals surface area contributed by atoms with E-state index in [2.05, 4.69) is 33.6 Å². The Hall–Kier alpha value is -3.30. The molecule has 1 aromatic carbocycles. The second-order valence-corrected chi connectivity index (χ2v) is 9.64. The van der Waals surface area contributed by atoms with Crippen molar-refractivity contribution >= 4 is 17.1 Å². The van der Waals surface area contributed by atoms with Crippen LogP contribution in [0.4, 0.5) is 17.1 Å². The quantitative estimate of drug-likeness (QED) is 0.536. The number of piperidine rings is 2. The second kappa shape index (κ2) is 8.24. The van der Waals surface area contributed by atoms with Crippen LogP contribution in [0, 0.1) is 22.0 Å². The normalized spacial score (nSPS) is 21.3. The number of nitro benzene ring substituents is 1. The highest BCUT2D eigenvalue weighted by atomic mass is 16.6. The molecule has 1 unspecified atom stereocenters. The number of rotatable bonds is 4. The number of benzene rings is 1. The summed E-state index contributed by atoms with van der Waals surface area (Å²) in [4.78, 5) is 44.9. The van der Waals surface area contributed by atoms with Crippen molar-refractivity contribution in [1.82, 2.24) is 9.97 Å². The van der Waals surface area contributed by atoms with E-state index in [1.807, 2.05) is 6.07 Å². The fourth-order valence-electron chi connectivity index (χ4n) is 5.11. The van der Waals surface area contributed by atoms with Crippen molar-refractivity contribution < 1.29 is 9.66 Å². The van der Waals surface area contributed by atoms with E-state index in [0.717, 1.165) is 57.5 Å². The van der Waals surface area contributed by atoms with Crippen molar-refractivity contribution in [3.05, 3.63) is 54.2 Å². The highest BCUT2D eigenvalue weighted by Gasteiger charge is 2.39. The van der Waals surface area contributed by atoms with Gasteiger partial charge in [0.1, 0.15) is 11.3 Å². The summed E-state index contributed by atoms with van der Waals surface area (Å²) in [5, 5.41) is 12.1. The van der Waals surface area contributed by atoms with Gasteiger partial charge in [-0.25, -0.2) is 4.79 Å². The SMILES string of the molecule is CC1CCN(c2cc(N3CCC(C)CC3)c([N+](=O)[O-])cc2C2Oc3[nH]c(=O)[nH]c(=O)c32)CC1. The van der Waals surface area contributed by atoms with Crippen molar-refractivity contribution in [2.75, 3.05) is 36.0 Å². The topological polar surface area (TPSA) is 125 Å². The summed E-state index contributed by atoms with van der Waals surface area (Å²) in [6.45, 7) is 7.68. The molecule has 1 atom stereocenters. The average molecular weight is 456 g/mol. The highest BCUT2D eigenvalue weighted by Crippen LogP contribution is 2.47. The third-order valence-corrected chi connectivity index (χ3v) is 7.29. The number of ether oxygens (including phenoxy) is 1. The monoisotopic (exact) mass is 455 g/mol. The molecule has 5 rings (SSSR count). The Morgan fingerprint density at radius 3 is 2.06 bits per heavy atom. The zero-order valence-electron chi connectivity index (χ0n) is 18.9. The standard InChI is InChI=1S/C23H29N5O5/c1-13-3-7-26(8-4-13)16-12-17(27-9-5-14(2)6-10-27)18(28(31)32)11-15(16)20-19-21(29)24-23(30)25-22(19)33-20/h11-14,20H,3-10H2,1-2H3,(H2,24,25,29,30). The second-order valence-electron chi connectivity index (χ2n) is 9.64. The number of H-pyrrole nitrogens is 2. The lowest BCUT2D eigenvalue weighted by Gasteiger charge is -2.38. The molecule has 0 bridgehead atoms. The van der Waals surface area contributed by atoms with Gasteiger partial charge in [-0.2, -0.15) is 0 Å². The number of nitrogens with one attached hydrogen (secondary N) is 2. The Morgan fingerprint density at radius 2 is 1.52 bits per heavy atom. The van der Waals surface area contributed by atoms with Crippen LogP contribution in [-0.4, -0.2) is 41.1 Å². The van der Waals surface area contributed by atoms with Gasteiger partial charge < -0.3 is 14.5 Å². The molecule has 0 spiro atoms. The van der Waals surface area contributed by atoms with Gasteiger partial charge in [-0.1, -0.05) is 13.8 Å². The maximum absolute atomic E-state index is 12.5. The number of aromatic amines is 2. The molecule has 33 heavy (non-hydrogen) atoms. The van der Waals surface area contributed by atoms with E-state index in [-0.39, 0.29) is 16.5 Å². The van der Waals surface area contributed by atoms with Gasteiger partial charge in [0, 0.05) is 43.5 Å². The minimum Gasteiger partial charge on any atom is -0.465 e. The molecule has 176 valence electrons. The Labute approximate surface area is 190 Å². The number of hydrogen-bond acceptors (Lipinski definition) is 7. The van der Waals surface area contributed by atoms with Gasteiger partial charge in [-0.15, -0.1) is 0 Å². The fourth-order valence-corrected chi connectivity index (χ4v) is 5.11. The van der Waals surface area contributed by atoms with Gasteiger partial charge in [-0.05, 0) is 43.6 Å². The minimum atomic E-state index is -0.760. The summed E-state index contributed by atoms with van der Waals surface area (Å²) < 4.78 is 5.78. The predicted octanol–water partition coefficient (Wildman–Crippen LogP) is 2.93. The van der Waals surface area contributed by atoms with Crippen LogP contribution in [0.3, 0.4) is 0 Å². The summed E-state index contributed by atoms with van der Waals surface area (Å²) in [6, 6.07) is 3.49. The summed E-state index contributed by atoms with van der Waals surface area (Å²) in [5.74, 6) is 1.36. The molecule has 3 aliphatic rings. The van der Waals surface area contributed by atoms with Crippen LogP contribution in [0.1, 0.15) is 56.8 Å². The lowest BCUT2D eigenvalue weighted by atomic mass is 9.92. The van der Waals surface area contributed by atoms with E-state index in [1.54, 1.807) is 6.07 Å². The van der Waals surface area contributed by atoms with E-state index in [1.165, 1.54) is 0 Å². The van der Waals surface area contributed by atoms with E-state index in [9.17, 15) is 19.7 Å². The average Bonchev–Trinajstić information content (AvgIpc) is 2.76. The molecular formula is C23H29N5O5. The molecule has 2 N–H and O–H groups in total. The number of fused-ring (bicyclic) bond motifs is 1. The van der Waals surface area contributed by atoms with Crippen LogP contribution >= 0.6 is 0 Å². The van der Waals surface area contributed by atoms with Crippen molar-refractivity contribution in [1.29, 1.82) is 0 Å². The zero-order valence-corrected chi connectivity index (χ0v) is 18.9. The first-order valence-corrected chi connectivity index (χ1v) is 11.7. The zero-order chi connectivity index (χ0) is 23.3. The van der Waals surface area contributed by atoms with Crippen molar-refractivity contribution in [3.63, 3.8) is 0 Å². The van der Waals surface area contributed by atoms with E-state index < -0.39 is 17.4 Å². The summed E-state index contributed by atoms with van der Waals surface area (Å²) in [7, 11) is 0. The van der Waals surface area contributed by atoms with Crippen molar-refractivity contribution in [3.8, 4) is 5.88 Å². The molecule has 2 aromatic rings. The summed E-state index contributed by atoms with van der Waals surface area (Å²) in [6.07, 6.45) is 3.30. The summed E-state index contributed by atoms with van der Waals surface area (Å²) >= 11 is 0. The lowest BCUT2D eigenvalue weighted by Crippen LogP contribution is -2.39. The molecule has 0 saturated carbocycles. The third-order valence-electron chi connectivity index (χ3n) is 7.29. The molecule has 10 nitrogen and oxygen atoms in total. The number of nitro groups is 1. The van der Waals surface area contributed by atoms with Gasteiger partial charge in [0.05, 0.1) is 4.92 Å². The van der Waals surface area contributed by atoms with Crippen molar-refractivity contribution in [2.45, 2.75) is 45.6 Å². The number of anilines is 2. The van der Waals surface area contributed by atoms with Gasteiger partial charge in [-0.3, -0.25) is 24.9 Å². The molecule has 0 amide bonds. The number of nitrogens with zero attached hydrogens (tertiary/aromatic N) is 3.